The molecule has 6 heteroatoms. The number of nitrogens with zero attached hydrogens (tertiary/aromatic N) is 2. The van der Waals surface area contributed by atoms with Crippen LogP contribution in [-0.4, -0.2) is 38.6 Å². The van der Waals surface area contributed by atoms with Crippen molar-refractivity contribution in [3.8, 4) is 11.8 Å². The number of nitriles is 1. The van der Waals surface area contributed by atoms with E-state index >= 15 is 0 Å². The Morgan fingerprint density at radius 1 is 1.03 bits per heavy atom. The smallest absolute Gasteiger partial charge is 0.252 e. The summed E-state index contributed by atoms with van der Waals surface area (Å²) >= 11 is 1.43. The van der Waals surface area contributed by atoms with Crippen LogP contribution in [0.1, 0.15) is 27.5 Å². The second-order valence-electron chi connectivity index (χ2n) is 7.17. The predicted octanol–water partition coefficient (Wildman–Crippen LogP) is 4.75. The van der Waals surface area contributed by atoms with Gasteiger partial charge in [0, 0.05) is 16.3 Å². The van der Waals surface area contributed by atoms with Gasteiger partial charge in [0.1, 0.15) is 11.8 Å². The Bertz CT molecular complexity index is 1070. The van der Waals surface area contributed by atoms with Crippen LogP contribution in [0.3, 0.4) is 0 Å². The molecule has 1 unspecified atom stereocenters. The fourth-order valence-corrected chi connectivity index (χ4v) is 4.24. The number of nitrogens with one attached hydrogen (secondary N) is 1. The lowest BCUT2D eigenvalue weighted by atomic mass is 10.1. The summed E-state index contributed by atoms with van der Waals surface area (Å²) in [5.41, 5.74) is 2.28. The Morgan fingerprint density at radius 2 is 1.68 bits per heavy atom. The molecule has 0 heterocycles. The van der Waals surface area contributed by atoms with Gasteiger partial charge < -0.3 is 15.0 Å². The molecule has 0 spiro atoms. The van der Waals surface area contributed by atoms with Gasteiger partial charge in [-0.15, -0.1) is 0 Å². The molecule has 0 saturated heterocycles. The number of hydrogen-bond donors (Lipinski definition) is 1. The third-order valence-electron chi connectivity index (χ3n) is 4.94. The summed E-state index contributed by atoms with van der Waals surface area (Å²) in [5, 5.41) is 12.4. The topological polar surface area (TPSA) is 65.4 Å². The van der Waals surface area contributed by atoms with E-state index in [9.17, 15) is 10.1 Å². The van der Waals surface area contributed by atoms with E-state index in [0.29, 0.717) is 17.7 Å². The van der Waals surface area contributed by atoms with Crippen LogP contribution in [0.5, 0.6) is 5.75 Å². The van der Waals surface area contributed by atoms with E-state index in [1.807, 2.05) is 80.8 Å². The molecule has 0 saturated carbocycles. The first-order valence-corrected chi connectivity index (χ1v) is 10.7. The minimum absolute atomic E-state index is 0.0222. The molecule has 1 atom stereocenters. The number of benzene rings is 3. The number of amides is 1. The Kier molecular flexibility index (Phi) is 7.71. The van der Waals surface area contributed by atoms with Crippen molar-refractivity contribution in [3.05, 3.63) is 89.5 Å². The molecule has 31 heavy (non-hydrogen) atoms. The fraction of sp³-hybridized carbons (Fsp3) is 0.200. The molecule has 0 aliphatic heterocycles. The van der Waals surface area contributed by atoms with Crippen molar-refractivity contribution in [1.82, 2.24) is 10.2 Å². The predicted molar refractivity (Wildman–Crippen MR) is 123 cm³/mol. The molecule has 3 aromatic carbocycles. The van der Waals surface area contributed by atoms with E-state index in [2.05, 4.69) is 16.3 Å². The summed E-state index contributed by atoms with van der Waals surface area (Å²) in [4.78, 5) is 16.8. The van der Waals surface area contributed by atoms with Crippen molar-refractivity contribution >= 4 is 17.7 Å². The number of hydrogen-bond acceptors (Lipinski definition) is 5. The lowest BCUT2D eigenvalue weighted by Gasteiger charge is -2.25. The fourth-order valence-electron chi connectivity index (χ4n) is 3.22. The summed E-state index contributed by atoms with van der Waals surface area (Å²) in [6.07, 6.45) is 0. The van der Waals surface area contributed by atoms with Crippen molar-refractivity contribution in [2.45, 2.75) is 15.8 Å². The van der Waals surface area contributed by atoms with Crippen molar-refractivity contribution in [1.29, 1.82) is 5.26 Å². The Labute approximate surface area is 187 Å². The summed E-state index contributed by atoms with van der Waals surface area (Å²) < 4.78 is 5.24. The molecule has 158 valence electrons. The zero-order valence-electron chi connectivity index (χ0n) is 17.8. The Morgan fingerprint density at radius 3 is 2.32 bits per heavy atom. The lowest BCUT2D eigenvalue weighted by Crippen LogP contribution is -2.34. The number of likely N-dealkylation sites (N-methyl/N-ethyl adjacent to an activating group) is 1. The van der Waals surface area contributed by atoms with E-state index in [1.54, 1.807) is 13.2 Å². The molecule has 1 amide bonds. The van der Waals surface area contributed by atoms with E-state index in [0.717, 1.165) is 21.1 Å². The van der Waals surface area contributed by atoms with E-state index in [-0.39, 0.29) is 11.9 Å². The minimum atomic E-state index is -0.141. The van der Waals surface area contributed by atoms with Crippen LogP contribution in [0.2, 0.25) is 0 Å². The maximum absolute atomic E-state index is 13.0. The van der Waals surface area contributed by atoms with Crippen LogP contribution in [0.15, 0.2) is 82.6 Å². The van der Waals surface area contributed by atoms with Gasteiger partial charge >= 0.3 is 0 Å². The minimum Gasteiger partial charge on any atom is -0.497 e. The van der Waals surface area contributed by atoms with Gasteiger partial charge in [-0.25, -0.2) is 0 Å². The highest BCUT2D eigenvalue weighted by Crippen LogP contribution is 2.32. The summed E-state index contributed by atoms with van der Waals surface area (Å²) in [7, 11) is 5.62. The molecule has 5 nitrogen and oxygen atoms in total. The van der Waals surface area contributed by atoms with Crippen molar-refractivity contribution < 1.29 is 9.53 Å². The normalized spacial score (nSPS) is 11.6. The van der Waals surface area contributed by atoms with Crippen LogP contribution in [0.25, 0.3) is 0 Å². The molecule has 1 N–H and O–H groups in total. The van der Waals surface area contributed by atoms with Gasteiger partial charge in [0.25, 0.3) is 5.91 Å². The third kappa shape index (κ3) is 5.66. The van der Waals surface area contributed by atoms with E-state index in [4.69, 9.17) is 4.74 Å². The van der Waals surface area contributed by atoms with Crippen molar-refractivity contribution in [3.63, 3.8) is 0 Å². The highest BCUT2D eigenvalue weighted by atomic mass is 32.2. The molecule has 0 aromatic heterocycles. The summed E-state index contributed by atoms with van der Waals surface area (Å²) in [6, 6.07) is 25.0. The van der Waals surface area contributed by atoms with Crippen molar-refractivity contribution in [2.75, 3.05) is 27.7 Å². The first-order chi connectivity index (χ1) is 15.0. The first kappa shape index (κ1) is 22.4. The summed E-state index contributed by atoms with van der Waals surface area (Å²) in [5.74, 6) is 0.659. The van der Waals surface area contributed by atoms with Crippen LogP contribution < -0.4 is 10.1 Å². The molecule has 0 bridgehead atoms. The molecule has 3 rings (SSSR count). The molecule has 3 aromatic rings. The molecule has 0 fully saturated rings. The van der Waals surface area contributed by atoms with Crippen LogP contribution in [0.4, 0.5) is 0 Å². The average molecular weight is 432 g/mol. The maximum Gasteiger partial charge on any atom is 0.252 e. The molecule has 0 aliphatic carbocycles. The van der Waals surface area contributed by atoms with Crippen LogP contribution >= 0.6 is 11.8 Å². The van der Waals surface area contributed by atoms with Gasteiger partial charge in [-0.1, -0.05) is 48.2 Å². The lowest BCUT2D eigenvalue weighted by molar-refractivity contribution is 0.0939. The SMILES string of the molecule is COc1ccc(C(CNC(=O)c2ccccc2Sc2ccccc2C#N)N(C)C)cc1. The highest BCUT2D eigenvalue weighted by molar-refractivity contribution is 7.99. The van der Waals surface area contributed by atoms with Gasteiger partial charge in [-0.3, -0.25) is 4.79 Å². The molecule has 0 radical (unpaired) electrons. The van der Waals surface area contributed by atoms with Gasteiger partial charge in [-0.2, -0.15) is 5.26 Å². The second kappa shape index (κ2) is 10.7. The Hall–Kier alpha value is -3.27. The number of carbonyl (C=O) groups is 1. The van der Waals surface area contributed by atoms with Crippen LogP contribution in [-0.2, 0) is 0 Å². The first-order valence-electron chi connectivity index (χ1n) is 9.88. The largest absolute Gasteiger partial charge is 0.497 e. The highest BCUT2D eigenvalue weighted by Gasteiger charge is 2.18. The average Bonchev–Trinajstić information content (AvgIpc) is 2.80. The van der Waals surface area contributed by atoms with Gasteiger partial charge in [0.2, 0.25) is 0 Å². The third-order valence-corrected chi connectivity index (χ3v) is 6.09. The standard InChI is InChI=1S/C25H25N3O2S/c1-28(2)22(18-12-14-20(30-3)15-13-18)17-27-25(29)21-9-5-7-11-24(21)31-23-10-6-4-8-19(23)16-26/h4-15,22H,17H2,1-3H3,(H,27,29). The summed E-state index contributed by atoms with van der Waals surface area (Å²) in [6.45, 7) is 0.464. The van der Waals surface area contributed by atoms with Gasteiger partial charge in [0.15, 0.2) is 0 Å². The van der Waals surface area contributed by atoms with E-state index < -0.39 is 0 Å². The number of methoxy groups -OCH3 is 1. The van der Waals surface area contributed by atoms with Gasteiger partial charge in [0.05, 0.1) is 24.3 Å². The quantitative estimate of drug-likeness (QED) is 0.558. The zero-order valence-corrected chi connectivity index (χ0v) is 18.6. The second-order valence-corrected chi connectivity index (χ2v) is 8.25. The van der Waals surface area contributed by atoms with E-state index in [1.165, 1.54) is 11.8 Å². The zero-order chi connectivity index (χ0) is 22.2. The molecule has 0 aliphatic rings. The molecular weight excluding hydrogens is 406 g/mol. The van der Waals surface area contributed by atoms with Gasteiger partial charge in [-0.05, 0) is 56.1 Å². The number of rotatable bonds is 8. The Balaban J connectivity index is 1.76. The van der Waals surface area contributed by atoms with Crippen LogP contribution in [0, 0.1) is 11.3 Å². The monoisotopic (exact) mass is 431 g/mol. The maximum atomic E-state index is 13.0. The molecular formula is C25H25N3O2S. The van der Waals surface area contributed by atoms with Crippen molar-refractivity contribution in [2.24, 2.45) is 0 Å². The number of ether oxygens (including phenoxy) is 1. The number of carbonyl (C=O) groups excluding carboxylic acids is 1.